The van der Waals surface area contributed by atoms with Crippen LogP contribution in [0.4, 0.5) is 10.1 Å². The highest BCUT2D eigenvalue weighted by atomic mass is 19.1. The topological polar surface area (TPSA) is 49.3 Å². The highest BCUT2D eigenvalue weighted by Crippen LogP contribution is 2.16. The third kappa shape index (κ3) is 3.55. The summed E-state index contributed by atoms with van der Waals surface area (Å²) >= 11 is 0. The molecule has 0 heterocycles. The minimum absolute atomic E-state index is 0.0326. The van der Waals surface area contributed by atoms with Gasteiger partial charge >= 0.3 is 5.97 Å². The summed E-state index contributed by atoms with van der Waals surface area (Å²) in [6.45, 7) is 0.393. The first-order valence-corrected chi connectivity index (χ1v) is 5.94. The molecule has 0 spiro atoms. The molecule has 2 N–H and O–H groups in total. The van der Waals surface area contributed by atoms with E-state index in [0.717, 1.165) is 11.1 Å². The van der Waals surface area contributed by atoms with Crippen LogP contribution in [-0.4, -0.2) is 11.1 Å². The lowest BCUT2D eigenvalue weighted by atomic mass is 10.0. The number of benzene rings is 2. The Labute approximate surface area is 110 Å². The summed E-state index contributed by atoms with van der Waals surface area (Å²) in [5.41, 5.74) is 2.00. The summed E-state index contributed by atoms with van der Waals surface area (Å²) in [6.07, 6.45) is -0.0326. The monoisotopic (exact) mass is 259 g/mol. The number of aliphatic carboxylic acids is 1. The van der Waals surface area contributed by atoms with Crippen LogP contribution in [-0.2, 0) is 17.8 Å². The lowest BCUT2D eigenvalue weighted by Crippen LogP contribution is -2.07. The number of carbonyl (C=O) groups is 1. The third-order valence-corrected chi connectivity index (χ3v) is 2.80. The Kier molecular flexibility index (Phi) is 4.13. The van der Waals surface area contributed by atoms with Crippen molar-refractivity contribution in [3.63, 3.8) is 0 Å². The maximum atomic E-state index is 13.4. The Morgan fingerprint density at radius 1 is 1.05 bits per heavy atom. The lowest BCUT2D eigenvalue weighted by molar-refractivity contribution is -0.136. The Morgan fingerprint density at radius 2 is 1.68 bits per heavy atom. The van der Waals surface area contributed by atoms with Gasteiger partial charge in [-0.15, -0.1) is 0 Å². The van der Waals surface area contributed by atoms with E-state index in [4.69, 9.17) is 5.11 Å². The first kappa shape index (κ1) is 13.1. The quantitative estimate of drug-likeness (QED) is 0.867. The average Bonchev–Trinajstić information content (AvgIpc) is 2.39. The molecule has 19 heavy (non-hydrogen) atoms. The van der Waals surface area contributed by atoms with E-state index in [1.54, 1.807) is 30.3 Å². The van der Waals surface area contributed by atoms with Crippen LogP contribution in [0, 0.1) is 5.82 Å². The molecule has 0 aliphatic rings. The van der Waals surface area contributed by atoms with Crippen molar-refractivity contribution >= 4 is 11.7 Å². The van der Waals surface area contributed by atoms with E-state index < -0.39 is 5.97 Å². The van der Waals surface area contributed by atoms with Crippen LogP contribution in [0.5, 0.6) is 0 Å². The van der Waals surface area contributed by atoms with Gasteiger partial charge in [0.1, 0.15) is 5.82 Å². The van der Waals surface area contributed by atoms with Gasteiger partial charge in [-0.1, -0.05) is 36.4 Å². The largest absolute Gasteiger partial charge is 0.481 e. The fraction of sp³-hybridized carbons (Fsp3) is 0.133. The van der Waals surface area contributed by atoms with Gasteiger partial charge in [0, 0.05) is 6.54 Å². The minimum atomic E-state index is -0.877. The molecule has 0 unspecified atom stereocenters. The van der Waals surface area contributed by atoms with Crippen LogP contribution in [0.25, 0.3) is 0 Å². The summed E-state index contributed by atoms with van der Waals surface area (Å²) in [5, 5.41) is 11.8. The molecule has 2 aromatic rings. The van der Waals surface area contributed by atoms with Crippen molar-refractivity contribution in [3.8, 4) is 0 Å². The molecule has 0 aliphatic heterocycles. The second-order valence-corrected chi connectivity index (χ2v) is 4.17. The Morgan fingerprint density at radius 3 is 2.37 bits per heavy atom. The predicted molar refractivity (Wildman–Crippen MR) is 71.5 cm³/mol. The van der Waals surface area contributed by atoms with Crippen LogP contribution in [0.1, 0.15) is 11.1 Å². The van der Waals surface area contributed by atoms with Crippen LogP contribution >= 0.6 is 0 Å². The number of anilines is 1. The van der Waals surface area contributed by atoms with E-state index in [0.29, 0.717) is 12.2 Å². The fourth-order valence-corrected chi connectivity index (χ4v) is 1.86. The molecule has 2 rings (SSSR count). The maximum Gasteiger partial charge on any atom is 0.307 e. The molecule has 0 radical (unpaired) electrons. The summed E-state index contributed by atoms with van der Waals surface area (Å²) < 4.78 is 13.4. The average molecular weight is 259 g/mol. The first-order valence-electron chi connectivity index (χ1n) is 5.94. The molecule has 0 amide bonds. The van der Waals surface area contributed by atoms with Crippen LogP contribution in [0.2, 0.25) is 0 Å². The van der Waals surface area contributed by atoms with Gasteiger partial charge in [-0.3, -0.25) is 4.79 Å². The van der Waals surface area contributed by atoms with E-state index >= 15 is 0 Å². The van der Waals surface area contributed by atoms with Gasteiger partial charge in [-0.25, -0.2) is 4.39 Å². The highest BCUT2D eigenvalue weighted by molar-refractivity contribution is 5.70. The molecule has 0 aromatic heterocycles. The van der Waals surface area contributed by atoms with Crippen molar-refractivity contribution in [1.82, 2.24) is 0 Å². The number of para-hydroxylation sites is 1. The lowest BCUT2D eigenvalue weighted by Gasteiger charge is -2.10. The summed E-state index contributed by atoms with van der Waals surface area (Å²) in [4.78, 5) is 10.8. The number of carboxylic acid groups (broad SMARTS) is 1. The molecule has 4 heteroatoms. The van der Waals surface area contributed by atoms with Crippen LogP contribution < -0.4 is 5.32 Å². The predicted octanol–water partition coefficient (Wildman–Crippen LogP) is 3.06. The molecule has 0 fully saturated rings. The van der Waals surface area contributed by atoms with E-state index in [1.807, 2.05) is 12.1 Å². The molecule has 2 aromatic carbocycles. The Balaban J connectivity index is 2.11. The van der Waals surface area contributed by atoms with Crippen LogP contribution in [0.3, 0.4) is 0 Å². The zero-order valence-corrected chi connectivity index (χ0v) is 10.3. The number of carboxylic acids is 1. The van der Waals surface area contributed by atoms with Crippen molar-refractivity contribution in [2.75, 3.05) is 5.32 Å². The third-order valence-electron chi connectivity index (χ3n) is 2.80. The van der Waals surface area contributed by atoms with Crippen molar-refractivity contribution in [3.05, 3.63) is 65.5 Å². The van der Waals surface area contributed by atoms with Gasteiger partial charge in [0.15, 0.2) is 0 Å². The maximum absolute atomic E-state index is 13.4. The molecular weight excluding hydrogens is 245 g/mol. The Hall–Kier alpha value is -2.36. The zero-order valence-electron chi connectivity index (χ0n) is 10.3. The molecule has 0 saturated carbocycles. The van der Waals surface area contributed by atoms with E-state index in [2.05, 4.69) is 5.32 Å². The Bertz CT molecular complexity index is 584. The molecule has 0 bridgehead atoms. The number of rotatable bonds is 5. The van der Waals surface area contributed by atoms with Gasteiger partial charge in [0.25, 0.3) is 0 Å². The van der Waals surface area contributed by atoms with E-state index in [1.165, 1.54) is 6.07 Å². The highest BCUT2D eigenvalue weighted by Gasteiger charge is 2.07. The minimum Gasteiger partial charge on any atom is -0.481 e. The van der Waals surface area contributed by atoms with Gasteiger partial charge < -0.3 is 10.4 Å². The molecule has 3 nitrogen and oxygen atoms in total. The standard InChI is InChI=1S/C15H14FNO2/c16-13-7-3-4-8-14(13)17-10-12-6-2-1-5-11(12)9-15(18)19/h1-8,17H,9-10H2,(H,18,19). The summed E-state index contributed by atoms with van der Waals surface area (Å²) in [5.74, 6) is -1.20. The van der Waals surface area contributed by atoms with Crippen LogP contribution in [0.15, 0.2) is 48.5 Å². The van der Waals surface area contributed by atoms with E-state index in [9.17, 15) is 9.18 Å². The van der Waals surface area contributed by atoms with Gasteiger partial charge in [0.2, 0.25) is 0 Å². The molecule has 0 saturated heterocycles. The summed E-state index contributed by atoms with van der Waals surface area (Å²) in [7, 11) is 0. The molecular formula is C15H14FNO2. The van der Waals surface area contributed by atoms with Crippen molar-refractivity contribution < 1.29 is 14.3 Å². The summed E-state index contributed by atoms with van der Waals surface area (Å²) in [6, 6.07) is 13.6. The van der Waals surface area contributed by atoms with Gasteiger partial charge in [-0.2, -0.15) is 0 Å². The van der Waals surface area contributed by atoms with Gasteiger partial charge in [0.05, 0.1) is 12.1 Å². The number of halogens is 1. The number of hydrogen-bond donors (Lipinski definition) is 2. The molecule has 0 aliphatic carbocycles. The normalized spacial score (nSPS) is 10.2. The second-order valence-electron chi connectivity index (χ2n) is 4.17. The smallest absolute Gasteiger partial charge is 0.307 e. The molecule has 98 valence electrons. The number of nitrogens with one attached hydrogen (secondary N) is 1. The first-order chi connectivity index (χ1) is 9.16. The van der Waals surface area contributed by atoms with Crippen molar-refractivity contribution in [2.45, 2.75) is 13.0 Å². The van der Waals surface area contributed by atoms with E-state index in [-0.39, 0.29) is 12.2 Å². The number of hydrogen-bond acceptors (Lipinski definition) is 2. The van der Waals surface area contributed by atoms with Crippen molar-refractivity contribution in [1.29, 1.82) is 0 Å². The SMILES string of the molecule is O=C(O)Cc1ccccc1CNc1ccccc1F. The molecule has 0 atom stereocenters. The second kappa shape index (κ2) is 6.00. The fourth-order valence-electron chi connectivity index (χ4n) is 1.86. The zero-order chi connectivity index (χ0) is 13.7. The van der Waals surface area contributed by atoms with Crippen molar-refractivity contribution in [2.24, 2.45) is 0 Å². The van der Waals surface area contributed by atoms with Gasteiger partial charge in [-0.05, 0) is 23.3 Å².